The summed E-state index contributed by atoms with van der Waals surface area (Å²) in [4.78, 5) is 11.8. The monoisotopic (exact) mass is 279 g/mol. The summed E-state index contributed by atoms with van der Waals surface area (Å²) in [6, 6.07) is 9.74. The smallest absolute Gasteiger partial charge is 0.407 e. The number of hydrogen-bond acceptors (Lipinski definition) is 3. The van der Waals surface area contributed by atoms with Gasteiger partial charge in [-0.2, -0.15) is 0 Å². The van der Waals surface area contributed by atoms with E-state index in [9.17, 15) is 9.90 Å². The van der Waals surface area contributed by atoms with Crippen molar-refractivity contribution in [2.24, 2.45) is 0 Å². The Morgan fingerprint density at radius 1 is 1.25 bits per heavy atom. The number of alkyl carbamates (subject to hydrolysis) is 1. The van der Waals surface area contributed by atoms with Gasteiger partial charge in [-0.25, -0.2) is 4.79 Å². The van der Waals surface area contributed by atoms with Crippen molar-refractivity contribution in [2.75, 3.05) is 13.2 Å². The Morgan fingerprint density at radius 2 is 1.85 bits per heavy atom. The molecular weight excluding hydrogens is 254 g/mol. The lowest BCUT2D eigenvalue weighted by atomic mass is 9.79. The predicted molar refractivity (Wildman–Crippen MR) is 79.7 cm³/mol. The first-order valence-electron chi connectivity index (χ1n) is 6.96. The Kier molecular flexibility index (Phi) is 5.57. The summed E-state index contributed by atoms with van der Waals surface area (Å²) in [5.41, 5.74) is 0.0179. The average molecular weight is 279 g/mol. The fourth-order valence-electron chi connectivity index (χ4n) is 2.04. The summed E-state index contributed by atoms with van der Waals surface area (Å²) in [6.07, 6.45) is 0.267. The standard InChI is InChI=1S/C16H25NO3/c1-5-16(12-18,13-9-7-6-8-10-13)11-17-14(19)20-15(2,3)4/h6-10,18H,5,11-12H2,1-4H3,(H,17,19). The number of nitrogens with one attached hydrogen (secondary N) is 1. The van der Waals surface area contributed by atoms with E-state index in [1.54, 1.807) is 0 Å². The van der Waals surface area contributed by atoms with Crippen LogP contribution in [0.25, 0.3) is 0 Å². The highest BCUT2D eigenvalue weighted by atomic mass is 16.6. The number of carbonyl (C=O) groups is 1. The lowest BCUT2D eigenvalue weighted by Crippen LogP contribution is -2.44. The summed E-state index contributed by atoms with van der Waals surface area (Å²) < 4.78 is 5.23. The first-order chi connectivity index (χ1) is 9.33. The van der Waals surface area contributed by atoms with Gasteiger partial charge in [0.15, 0.2) is 0 Å². The third kappa shape index (κ3) is 4.53. The van der Waals surface area contributed by atoms with E-state index in [1.807, 2.05) is 58.0 Å². The molecule has 0 aliphatic heterocycles. The van der Waals surface area contributed by atoms with Crippen LogP contribution >= 0.6 is 0 Å². The molecule has 4 nitrogen and oxygen atoms in total. The van der Waals surface area contributed by atoms with Gasteiger partial charge >= 0.3 is 6.09 Å². The third-order valence-electron chi connectivity index (χ3n) is 3.34. The molecule has 0 aliphatic rings. The van der Waals surface area contributed by atoms with E-state index in [1.165, 1.54) is 0 Å². The van der Waals surface area contributed by atoms with Crippen molar-refractivity contribution in [3.63, 3.8) is 0 Å². The van der Waals surface area contributed by atoms with Crippen molar-refractivity contribution in [3.8, 4) is 0 Å². The van der Waals surface area contributed by atoms with E-state index in [4.69, 9.17) is 4.74 Å². The van der Waals surface area contributed by atoms with Crippen LogP contribution in [0.4, 0.5) is 4.79 Å². The third-order valence-corrected chi connectivity index (χ3v) is 3.34. The number of benzene rings is 1. The lowest BCUT2D eigenvalue weighted by molar-refractivity contribution is 0.0502. The Labute approximate surface area is 121 Å². The largest absolute Gasteiger partial charge is 0.444 e. The molecule has 1 aromatic carbocycles. The van der Waals surface area contributed by atoms with Crippen LogP contribution in [-0.4, -0.2) is 30.0 Å². The predicted octanol–water partition coefficient (Wildman–Crippen LogP) is 2.85. The van der Waals surface area contributed by atoms with Gasteiger partial charge in [0.05, 0.1) is 6.61 Å². The zero-order valence-electron chi connectivity index (χ0n) is 12.8. The molecule has 1 atom stereocenters. The molecule has 0 fully saturated rings. The minimum atomic E-state index is -0.523. The van der Waals surface area contributed by atoms with Crippen LogP contribution in [0.1, 0.15) is 39.7 Å². The number of hydrogen-bond donors (Lipinski definition) is 2. The molecule has 1 amide bonds. The molecule has 0 saturated heterocycles. The van der Waals surface area contributed by atoms with Crippen molar-refractivity contribution in [1.29, 1.82) is 0 Å². The maximum absolute atomic E-state index is 11.8. The topological polar surface area (TPSA) is 58.6 Å². The molecule has 112 valence electrons. The molecule has 0 heterocycles. The van der Waals surface area contributed by atoms with Crippen LogP contribution in [-0.2, 0) is 10.2 Å². The molecule has 0 spiro atoms. The van der Waals surface area contributed by atoms with Gasteiger partial charge in [0.2, 0.25) is 0 Å². The minimum absolute atomic E-state index is 0.0245. The van der Waals surface area contributed by atoms with Crippen molar-refractivity contribution >= 4 is 6.09 Å². The average Bonchev–Trinajstić information content (AvgIpc) is 2.40. The second kappa shape index (κ2) is 6.75. The van der Waals surface area contributed by atoms with Crippen LogP contribution in [0, 0.1) is 0 Å². The van der Waals surface area contributed by atoms with Gasteiger partial charge in [-0.05, 0) is 32.8 Å². The molecule has 20 heavy (non-hydrogen) atoms. The van der Waals surface area contributed by atoms with Crippen molar-refractivity contribution in [3.05, 3.63) is 35.9 Å². The second-order valence-corrected chi connectivity index (χ2v) is 6.01. The van der Waals surface area contributed by atoms with Crippen LogP contribution in [0.5, 0.6) is 0 Å². The van der Waals surface area contributed by atoms with E-state index < -0.39 is 17.1 Å². The van der Waals surface area contributed by atoms with Gasteiger partial charge in [-0.3, -0.25) is 0 Å². The van der Waals surface area contributed by atoms with E-state index in [0.717, 1.165) is 12.0 Å². The molecule has 1 aromatic rings. The van der Waals surface area contributed by atoms with Crippen molar-refractivity contribution < 1.29 is 14.6 Å². The van der Waals surface area contributed by atoms with Crippen molar-refractivity contribution in [2.45, 2.75) is 45.1 Å². The first kappa shape index (κ1) is 16.5. The Balaban J connectivity index is 2.76. The van der Waals surface area contributed by atoms with E-state index in [-0.39, 0.29) is 6.61 Å². The normalized spacial score (nSPS) is 14.4. The molecule has 4 heteroatoms. The lowest BCUT2D eigenvalue weighted by Gasteiger charge is -2.32. The van der Waals surface area contributed by atoms with Gasteiger partial charge in [-0.15, -0.1) is 0 Å². The number of amides is 1. The minimum Gasteiger partial charge on any atom is -0.444 e. The van der Waals surface area contributed by atoms with Gasteiger partial charge < -0.3 is 15.2 Å². The number of ether oxygens (including phenoxy) is 1. The molecule has 1 rings (SSSR count). The summed E-state index contributed by atoms with van der Waals surface area (Å²) in [5.74, 6) is 0. The number of carbonyl (C=O) groups excluding carboxylic acids is 1. The van der Waals surface area contributed by atoms with Crippen molar-refractivity contribution in [1.82, 2.24) is 5.32 Å². The molecule has 0 saturated carbocycles. The maximum atomic E-state index is 11.8. The Morgan fingerprint density at radius 3 is 2.30 bits per heavy atom. The van der Waals surface area contributed by atoms with Crippen LogP contribution in [0.2, 0.25) is 0 Å². The Bertz CT molecular complexity index is 419. The Hall–Kier alpha value is -1.55. The molecule has 0 aromatic heterocycles. The molecule has 0 bridgehead atoms. The van der Waals surface area contributed by atoms with Crippen LogP contribution in [0.3, 0.4) is 0 Å². The number of rotatable bonds is 5. The van der Waals surface area contributed by atoms with Gasteiger partial charge in [-0.1, -0.05) is 37.3 Å². The quantitative estimate of drug-likeness (QED) is 0.871. The molecule has 2 N–H and O–H groups in total. The summed E-state index contributed by atoms with van der Waals surface area (Å²) >= 11 is 0. The zero-order valence-corrected chi connectivity index (χ0v) is 12.8. The van der Waals surface area contributed by atoms with Crippen LogP contribution in [0.15, 0.2) is 30.3 Å². The van der Waals surface area contributed by atoms with E-state index in [2.05, 4.69) is 5.32 Å². The van der Waals surface area contributed by atoms with E-state index in [0.29, 0.717) is 6.54 Å². The highest BCUT2D eigenvalue weighted by Gasteiger charge is 2.30. The summed E-state index contributed by atoms with van der Waals surface area (Å²) in [5, 5.41) is 12.5. The molecule has 0 aliphatic carbocycles. The summed E-state index contributed by atoms with van der Waals surface area (Å²) in [7, 11) is 0. The number of aliphatic hydroxyl groups excluding tert-OH is 1. The highest BCUT2D eigenvalue weighted by Crippen LogP contribution is 2.26. The van der Waals surface area contributed by atoms with Gasteiger partial charge in [0.25, 0.3) is 0 Å². The van der Waals surface area contributed by atoms with Gasteiger partial charge in [0.1, 0.15) is 5.60 Å². The SMILES string of the molecule is CCC(CO)(CNC(=O)OC(C)(C)C)c1ccccc1. The number of aliphatic hydroxyl groups is 1. The first-order valence-corrected chi connectivity index (χ1v) is 6.96. The fraction of sp³-hybridized carbons (Fsp3) is 0.562. The van der Waals surface area contributed by atoms with E-state index >= 15 is 0 Å². The second-order valence-electron chi connectivity index (χ2n) is 6.01. The molecule has 0 radical (unpaired) electrons. The zero-order chi connectivity index (χ0) is 15.2. The summed E-state index contributed by atoms with van der Waals surface area (Å²) in [6.45, 7) is 7.79. The highest BCUT2D eigenvalue weighted by molar-refractivity contribution is 5.67. The molecule has 1 unspecified atom stereocenters. The maximum Gasteiger partial charge on any atom is 0.407 e. The molecular formula is C16H25NO3. The van der Waals surface area contributed by atoms with Crippen LogP contribution < -0.4 is 5.32 Å². The van der Waals surface area contributed by atoms with Gasteiger partial charge in [0, 0.05) is 12.0 Å². The fourth-order valence-corrected chi connectivity index (χ4v) is 2.04.